The van der Waals surface area contributed by atoms with Crippen LogP contribution in [-0.4, -0.2) is 21.8 Å². The van der Waals surface area contributed by atoms with Crippen LogP contribution < -0.4 is 16.6 Å². The summed E-state index contributed by atoms with van der Waals surface area (Å²) in [5, 5.41) is 3.96. The van der Waals surface area contributed by atoms with E-state index in [0.29, 0.717) is 11.0 Å². The number of nitrogen functional groups attached to an aromatic ring is 1. The van der Waals surface area contributed by atoms with Gasteiger partial charge in [0, 0.05) is 11.6 Å². The molecule has 5 nitrogen and oxygen atoms in total. The molecule has 0 saturated carbocycles. The summed E-state index contributed by atoms with van der Waals surface area (Å²) < 4.78 is 0. The van der Waals surface area contributed by atoms with E-state index in [1.807, 2.05) is 6.26 Å². The zero-order valence-electron chi connectivity index (χ0n) is 9.46. The third-order valence-corrected chi connectivity index (χ3v) is 2.09. The summed E-state index contributed by atoms with van der Waals surface area (Å²) in [5.41, 5.74) is 2.49. The maximum absolute atomic E-state index is 5.33. The second kappa shape index (κ2) is 4.67. The number of nitrogens with zero attached hydrogens (tertiary/aromatic N) is 2. The molecule has 6 heteroatoms. The summed E-state index contributed by atoms with van der Waals surface area (Å²) in [4.78, 5) is 8.51. The molecule has 0 aliphatic rings. The van der Waals surface area contributed by atoms with Crippen molar-refractivity contribution >= 4 is 23.4 Å². The molecule has 0 aliphatic carbocycles. The Morgan fingerprint density at radius 1 is 1.27 bits per heavy atom. The monoisotopic (exact) mass is 227 g/mol. The molecule has 0 aromatic carbocycles. The Morgan fingerprint density at radius 3 is 2.33 bits per heavy atom. The molecule has 1 aromatic heterocycles. The Bertz CT molecular complexity index is 312. The minimum atomic E-state index is -0.0318. The van der Waals surface area contributed by atoms with Gasteiger partial charge in [-0.05, 0) is 27.0 Å². The Kier molecular flexibility index (Phi) is 3.76. The van der Waals surface area contributed by atoms with Crippen molar-refractivity contribution < 1.29 is 0 Å². The van der Waals surface area contributed by atoms with Gasteiger partial charge < -0.3 is 10.7 Å². The lowest BCUT2D eigenvalue weighted by molar-refractivity contribution is 0.628. The Balaban J connectivity index is 2.97. The molecule has 0 fully saturated rings. The van der Waals surface area contributed by atoms with Crippen LogP contribution in [0.15, 0.2) is 11.2 Å². The summed E-state index contributed by atoms with van der Waals surface area (Å²) >= 11 is 1.48. The van der Waals surface area contributed by atoms with Gasteiger partial charge in [-0.25, -0.2) is 15.8 Å². The summed E-state index contributed by atoms with van der Waals surface area (Å²) in [6, 6.07) is 1.78. The van der Waals surface area contributed by atoms with Gasteiger partial charge in [-0.3, -0.25) is 0 Å². The van der Waals surface area contributed by atoms with E-state index < -0.39 is 0 Å². The summed E-state index contributed by atoms with van der Waals surface area (Å²) in [6.45, 7) is 6.22. The lowest BCUT2D eigenvalue weighted by Gasteiger charge is -2.21. The van der Waals surface area contributed by atoms with Crippen molar-refractivity contribution in [2.24, 2.45) is 5.84 Å². The van der Waals surface area contributed by atoms with Gasteiger partial charge in [0.15, 0.2) is 5.16 Å². The first kappa shape index (κ1) is 12.1. The number of hydrogen-bond donors (Lipinski definition) is 3. The van der Waals surface area contributed by atoms with Crippen LogP contribution in [0.25, 0.3) is 0 Å². The van der Waals surface area contributed by atoms with E-state index >= 15 is 0 Å². The van der Waals surface area contributed by atoms with Crippen LogP contribution >= 0.6 is 11.8 Å². The van der Waals surface area contributed by atoms with Crippen molar-refractivity contribution in [3.8, 4) is 0 Å². The summed E-state index contributed by atoms with van der Waals surface area (Å²) in [6.07, 6.45) is 1.93. The first-order valence-corrected chi connectivity index (χ1v) is 5.85. The standard InChI is InChI=1S/C9H17N5S/c1-9(2,3)13-6-5-7(14-10)12-8(11-6)15-4/h5H,10H2,1-4H3,(H2,11,12,13,14). The molecule has 0 spiro atoms. The van der Waals surface area contributed by atoms with Crippen LogP contribution in [0.2, 0.25) is 0 Å². The smallest absolute Gasteiger partial charge is 0.191 e. The van der Waals surface area contributed by atoms with Crippen molar-refractivity contribution in [3.05, 3.63) is 6.07 Å². The van der Waals surface area contributed by atoms with Gasteiger partial charge in [-0.2, -0.15) is 0 Å². The number of nitrogens with two attached hydrogens (primary N) is 1. The quantitative estimate of drug-likeness (QED) is 0.316. The largest absolute Gasteiger partial charge is 0.365 e. The molecule has 4 N–H and O–H groups in total. The van der Waals surface area contributed by atoms with Crippen molar-refractivity contribution in [2.45, 2.75) is 31.5 Å². The maximum atomic E-state index is 5.33. The minimum absolute atomic E-state index is 0.0318. The van der Waals surface area contributed by atoms with Gasteiger partial charge in [-0.15, -0.1) is 0 Å². The van der Waals surface area contributed by atoms with Gasteiger partial charge in [0.05, 0.1) is 0 Å². The average Bonchev–Trinajstić information content (AvgIpc) is 2.14. The fraction of sp³-hybridized carbons (Fsp3) is 0.556. The summed E-state index contributed by atoms with van der Waals surface area (Å²) in [5.74, 6) is 6.71. The molecule has 1 heterocycles. The van der Waals surface area contributed by atoms with Gasteiger partial charge in [0.2, 0.25) is 0 Å². The second-order valence-corrected chi connectivity index (χ2v) is 4.92. The highest BCUT2D eigenvalue weighted by atomic mass is 32.2. The van der Waals surface area contributed by atoms with Crippen molar-refractivity contribution in [3.63, 3.8) is 0 Å². The van der Waals surface area contributed by atoms with Gasteiger partial charge in [-0.1, -0.05) is 11.8 Å². The molecular weight excluding hydrogens is 210 g/mol. The van der Waals surface area contributed by atoms with Crippen molar-refractivity contribution in [1.82, 2.24) is 9.97 Å². The average molecular weight is 227 g/mol. The first-order valence-electron chi connectivity index (χ1n) is 4.62. The lowest BCUT2D eigenvalue weighted by Crippen LogP contribution is -2.27. The van der Waals surface area contributed by atoms with Crippen molar-refractivity contribution in [2.75, 3.05) is 17.0 Å². The van der Waals surface area contributed by atoms with E-state index in [4.69, 9.17) is 5.84 Å². The van der Waals surface area contributed by atoms with Crippen LogP contribution in [0.4, 0.5) is 11.6 Å². The second-order valence-electron chi connectivity index (χ2n) is 4.14. The predicted octanol–water partition coefficient (Wildman–Crippen LogP) is 1.69. The highest BCUT2D eigenvalue weighted by Crippen LogP contribution is 2.19. The number of nitrogens with one attached hydrogen (secondary N) is 2. The molecule has 0 radical (unpaired) electrons. The SMILES string of the molecule is CSc1nc(NN)cc(NC(C)(C)C)n1. The molecule has 15 heavy (non-hydrogen) atoms. The minimum Gasteiger partial charge on any atom is -0.365 e. The van der Waals surface area contributed by atoms with E-state index in [9.17, 15) is 0 Å². The predicted molar refractivity (Wildman–Crippen MR) is 65.0 cm³/mol. The number of anilines is 2. The molecule has 1 aromatic rings. The van der Waals surface area contributed by atoms with Crippen LogP contribution in [0.5, 0.6) is 0 Å². The maximum Gasteiger partial charge on any atom is 0.191 e. The number of hydrogen-bond acceptors (Lipinski definition) is 6. The highest BCUT2D eigenvalue weighted by molar-refractivity contribution is 7.98. The Labute approximate surface area is 94.2 Å². The number of thioether (sulfide) groups is 1. The molecule has 0 amide bonds. The fourth-order valence-electron chi connectivity index (χ4n) is 1.04. The van der Waals surface area contributed by atoms with Crippen LogP contribution in [0.3, 0.4) is 0 Å². The van der Waals surface area contributed by atoms with Gasteiger partial charge in [0.1, 0.15) is 11.6 Å². The first-order chi connectivity index (χ1) is 6.94. The number of aromatic nitrogens is 2. The molecule has 84 valence electrons. The third kappa shape index (κ3) is 3.93. The lowest BCUT2D eigenvalue weighted by atomic mass is 10.1. The zero-order chi connectivity index (χ0) is 11.5. The normalized spacial score (nSPS) is 11.3. The van der Waals surface area contributed by atoms with Crippen LogP contribution in [-0.2, 0) is 0 Å². The molecule has 1 rings (SSSR count). The van der Waals surface area contributed by atoms with E-state index in [2.05, 4.69) is 41.5 Å². The van der Waals surface area contributed by atoms with E-state index in [0.717, 1.165) is 5.82 Å². The van der Waals surface area contributed by atoms with Gasteiger partial charge in [0.25, 0.3) is 0 Å². The third-order valence-electron chi connectivity index (χ3n) is 1.54. The van der Waals surface area contributed by atoms with Gasteiger partial charge >= 0.3 is 0 Å². The zero-order valence-corrected chi connectivity index (χ0v) is 10.3. The topological polar surface area (TPSA) is 75.9 Å². The van der Waals surface area contributed by atoms with Crippen LogP contribution in [0.1, 0.15) is 20.8 Å². The fourth-order valence-corrected chi connectivity index (χ4v) is 1.42. The number of rotatable bonds is 3. The van der Waals surface area contributed by atoms with Crippen LogP contribution in [0, 0.1) is 0 Å². The van der Waals surface area contributed by atoms with E-state index in [-0.39, 0.29) is 5.54 Å². The highest BCUT2D eigenvalue weighted by Gasteiger charge is 2.11. The molecular formula is C9H17N5S. The van der Waals surface area contributed by atoms with E-state index in [1.54, 1.807) is 6.07 Å². The number of hydrazine groups is 1. The molecule has 0 bridgehead atoms. The Morgan fingerprint density at radius 2 is 1.87 bits per heavy atom. The molecule has 0 atom stereocenters. The van der Waals surface area contributed by atoms with E-state index in [1.165, 1.54) is 11.8 Å². The Hall–Kier alpha value is -1.01. The molecule has 0 aliphatic heterocycles. The molecule has 0 unspecified atom stereocenters. The van der Waals surface area contributed by atoms with Crippen molar-refractivity contribution in [1.29, 1.82) is 0 Å². The summed E-state index contributed by atoms with van der Waals surface area (Å²) in [7, 11) is 0. The molecule has 0 saturated heterocycles.